The zero-order valence-corrected chi connectivity index (χ0v) is 38.6. The van der Waals surface area contributed by atoms with E-state index >= 15 is 0 Å². The molecule has 0 atom stereocenters. The molecule has 7 aromatic heterocycles. The highest BCUT2D eigenvalue weighted by Gasteiger charge is 2.00. The number of morpholine rings is 1. The van der Waals surface area contributed by atoms with E-state index < -0.39 is 0 Å². The van der Waals surface area contributed by atoms with E-state index in [9.17, 15) is 0 Å². The third-order valence-electron chi connectivity index (χ3n) is 8.81. The monoisotopic (exact) mass is 918 g/mol. The Morgan fingerprint density at radius 1 is 0.478 bits per heavy atom. The fraction of sp³-hybridized carbons (Fsp3) is 0.216. The highest BCUT2D eigenvalue weighted by Crippen LogP contribution is 2.24. The highest BCUT2D eigenvalue weighted by molar-refractivity contribution is 7.07. The van der Waals surface area contributed by atoms with Crippen LogP contribution in [0.25, 0.3) is 32.7 Å². The fourth-order valence-electron chi connectivity index (χ4n) is 5.68. The van der Waals surface area contributed by atoms with Gasteiger partial charge in [-0.2, -0.15) is 15.3 Å². The van der Waals surface area contributed by atoms with Gasteiger partial charge in [0.2, 0.25) is 0 Å². The lowest BCUT2D eigenvalue weighted by atomic mass is 10.2. The first kappa shape index (κ1) is 52.1. The number of benzene rings is 3. The van der Waals surface area contributed by atoms with Gasteiger partial charge in [-0.25, -0.2) is 0 Å². The Kier molecular flexibility index (Phi) is 29.4. The minimum atomic E-state index is 0.889. The van der Waals surface area contributed by atoms with Crippen LogP contribution in [0.2, 0.25) is 0 Å². The van der Waals surface area contributed by atoms with Crippen molar-refractivity contribution in [3.63, 3.8) is 0 Å². The number of hydrogen-bond donors (Lipinski definition) is 6. The van der Waals surface area contributed by atoms with Crippen molar-refractivity contribution in [2.24, 2.45) is 0 Å². The summed E-state index contributed by atoms with van der Waals surface area (Å²) in [5.74, 6) is 0. The number of rotatable bonds is 0. The Labute approximate surface area is 397 Å². The summed E-state index contributed by atoms with van der Waals surface area (Å²) in [6.07, 6.45) is 33.1. The second-order valence-corrected chi connectivity index (χ2v) is 14.5. The quantitative estimate of drug-likeness (QED) is 0.0845. The zero-order valence-electron chi connectivity index (χ0n) is 37.8. The van der Waals surface area contributed by atoms with Crippen molar-refractivity contribution in [2.45, 2.75) is 25.7 Å². The van der Waals surface area contributed by atoms with Crippen LogP contribution >= 0.6 is 11.3 Å². The third-order valence-corrected chi connectivity index (χ3v) is 9.33. The number of ether oxygens (including phenoxy) is 1. The molecular formula is C51H62N14OS. The molecule has 0 aliphatic carbocycles. The molecular weight excluding hydrogens is 857 g/mol. The van der Waals surface area contributed by atoms with Crippen molar-refractivity contribution in [1.82, 2.24) is 71.2 Å². The second kappa shape index (κ2) is 37.8. The van der Waals surface area contributed by atoms with Gasteiger partial charge in [0.25, 0.3) is 0 Å². The number of thiazole rings is 1. The molecule has 3 aromatic carbocycles. The minimum Gasteiger partial charge on any atom is -0.391 e. The van der Waals surface area contributed by atoms with Gasteiger partial charge in [-0.1, -0.05) is 67.1 Å². The lowest BCUT2D eigenvalue weighted by Crippen LogP contribution is -2.30. The van der Waals surface area contributed by atoms with Crippen LogP contribution in [-0.2, 0) is 4.74 Å². The summed E-state index contributed by atoms with van der Waals surface area (Å²) in [5.41, 5.74) is 5.42. The van der Waals surface area contributed by atoms with Gasteiger partial charge in [-0.3, -0.25) is 30.0 Å². The Balaban J connectivity index is 0.000000166. The number of nitrogens with zero attached hydrogens (tertiary/aromatic N) is 8. The topological polar surface area (TPSA) is 196 Å². The summed E-state index contributed by atoms with van der Waals surface area (Å²) < 4.78 is 5.01. The van der Waals surface area contributed by atoms with E-state index in [1.54, 1.807) is 97.4 Å². The Morgan fingerprint density at radius 2 is 1.06 bits per heavy atom. The predicted octanol–water partition coefficient (Wildman–Crippen LogP) is 9.33. The lowest BCUT2D eigenvalue weighted by molar-refractivity contribution is 0.109. The van der Waals surface area contributed by atoms with Crippen molar-refractivity contribution < 1.29 is 4.74 Å². The average Bonchev–Trinajstić information content (AvgIpc) is 4.31. The van der Waals surface area contributed by atoms with E-state index in [-0.39, 0.29) is 0 Å². The molecule has 67 heavy (non-hydrogen) atoms. The fourth-order valence-corrected chi connectivity index (χ4v) is 6.03. The summed E-state index contributed by atoms with van der Waals surface area (Å²) in [5, 5.41) is 28.6. The third kappa shape index (κ3) is 26.2. The predicted molar refractivity (Wildman–Crippen MR) is 273 cm³/mol. The maximum Gasteiger partial charge on any atom is 0.0791 e. The summed E-state index contributed by atoms with van der Waals surface area (Å²) in [6.45, 7) is 7.47. The van der Waals surface area contributed by atoms with E-state index in [4.69, 9.17) is 4.74 Å². The molecule has 2 saturated heterocycles. The van der Waals surface area contributed by atoms with Crippen molar-refractivity contribution in [1.29, 1.82) is 0 Å². The Hall–Kier alpha value is -7.50. The van der Waals surface area contributed by atoms with Gasteiger partial charge >= 0.3 is 0 Å². The summed E-state index contributed by atoms with van der Waals surface area (Å²) in [6, 6.07) is 32.5. The van der Waals surface area contributed by atoms with E-state index in [0.717, 1.165) is 32.8 Å². The molecule has 0 bridgehead atoms. The van der Waals surface area contributed by atoms with Crippen LogP contribution in [0.4, 0.5) is 0 Å². The molecule has 10 aromatic rings. The lowest BCUT2D eigenvalue weighted by Gasteiger charge is -2.10. The van der Waals surface area contributed by atoms with E-state index in [0.29, 0.717) is 0 Å². The van der Waals surface area contributed by atoms with Crippen molar-refractivity contribution in [3.05, 3.63) is 207 Å². The van der Waals surface area contributed by atoms with Crippen LogP contribution in [0.1, 0.15) is 25.7 Å². The van der Waals surface area contributed by atoms with Crippen molar-refractivity contribution in [3.8, 4) is 0 Å². The van der Waals surface area contributed by atoms with E-state index in [1.807, 2.05) is 48.1 Å². The molecule has 0 radical (unpaired) electrons. The smallest absolute Gasteiger partial charge is 0.0791 e. The first-order chi connectivity index (χ1) is 33.4. The summed E-state index contributed by atoms with van der Waals surface area (Å²) in [4.78, 5) is 25.1. The maximum absolute atomic E-state index is 5.01. The van der Waals surface area contributed by atoms with Crippen LogP contribution in [0, 0.1) is 0 Å². The second-order valence-electron chi connectivity index (χ2n) is 13.7. The van der Waals surface area contributed by atoms with E-state index in [1.165, 1.54) is 71.5 Å². The van der Waals surface area contributed by atoms with Crippen LogP contribution in [0.15, 0.2) is 207 Å². The SMILES string of the molecule is C1=CNCC1.C1CCNCC1.C1COCCN1.c1ccc2[nH]ccc2c1.c1ccc2c(c1)[nH]c1ccccc12.c1ccnnc1.c1cn[nH]c1.c1cnccn1.c1cnccn1.c1cscn1. The number of piperidine rings is 1. The Morgan fingerprint density at radius 3 is 1.37 bits per heavy atom. The van der Waals surface area contributed by atoms with Gasteiger partial charge in [0.05, 0.1) is 18.7 Å². The van der Waals surface area contributed by atoms with Gasteiger partial charge in [0, 0.05) is 139 Å². The standard InChI is InChI=1S/C12H9N.C8H7N.C5H11N.3C4H4N2.C4H9NO.C4H7N.C3H4N2.C3H3NS/c1-3-7-11-9(5-1)10-6-2-4-8-12(10)13-11;1-2-4-8-7(3-1)5-6-9-8;1-2-4-6-5-3-1;2*1-2-6-4-3-5-1;1-2-4-6-5-3-1;1-3-6-4-2-5-1;2*1-2-4-5-3-1;1-2-5-3-4-1/h1-8,13H;1-6,9H;6H,1-5H2;3*1-4H;5H,1-4H2;1,3,5H,2,4H2;1-3H,(H,4,5);1-3H. The van der Waals surface area contributed by atoms with Crippen LogP contribution in [0.5, 0.6) is 0 Å². The van der Waals surface area contributed by atoms with E-state index in [2.05, 4.69) is 144 Å². The Bertz CT molecular complexity index is 2200. The highest BCUT2D eigenvalue weighted by atomic mass is 32.1. The van der Waals surface area contributed by atoms with Crippen LogP contribution < -0.4 is 16.0 Å². The molecule has 0 spiro atoms. The molecule has 0 amide bonds. The number of H-pyrrole nitrogens is 3. The van der Waals surface area contributed by atoms with Crippen LogP contribution in [0.3, 0.4) is 0 Å². The number of hydrogen-bond acceptors (Lipinski definition) is 13. The molecule has 10 heterocycles. The first-order valence-corrected chi connectivity index (χ1v) is 23.1. The molecule has 6 N–H and O–H groups in total. The van der Waals surface area contributed by atoms with Crippen molar-refractivity contribution in [2.75, 3.05) is 45.9 Å². The number of aromatic amines is 3. The molecule has 0 saturated carbocycles. The van der Waals surface area contributed by atoms with Gasteiger partial charge in [-0.05, 0) is 86.4 Å². The molecule has 2 fully saturated rings. The van der Waals surface area contributed by atoms with Gasteiger partial charge in [-0.15, -0.1) is 11.3 Å². The number of nitrogens with one attached hydrogen (secondary N) is 6. The van der Waals surface area contributed by atoms with Crippen LogP contribution in [-0.4, -0.2) is 101 Å². The molecule has 15 nitrogen and oxygen atoms in total. The first-order valence-electron chi connectivity index (χ1n) is 22.1. The van der Waals surface area contributed by atoms with Crippen molar-refractivity contribution >= 4 is 44.0 Å². The molecule has 13 rings (SSSR count). The molecule has 3 aliphatic heterocycles. The number of para-hydroxylation sites is 3. The number of aromatic nitrogens is 11. The maximum atomic E-state index is 5.01. The molecule has 16 heteroatoms. The minimum absolute atomic E-state index is 0.889. The normalized spacial score (nSPS) is 12.6. The largest absolute Gasteiger partial charge is 0.391 e. The molecule has 0 unspecified atom stereocenters. The molecule has 348 valence electrons. The van der Waals surface area contributed by atoms with Gasteiger partial charge in [0.1, 0.15) is 0 Å². The molecule has 3 aliphatic rings. The zero-order chi connectivity index (χ0) is 46.6. The summed E-state index contributed by atoms with van der Waals surface area (Å²) >= 11 is 1.60. The summed E-state index contributed by atoms with van der Waals surface area (Å²) in [7, 11) is 0. The average molecular weight is 919 g/mol. The number of fused-ring (bicyclic) bond motifs is 4. The van der Waals surface area contributed by atoms with Gasteiger partial charge < -0.3 is 30.7 Å². The van der Waals surface area contributed by atoms with Gasteiger partial charge in [0.15, 0.2) is 0 Å².